The number of fused-ring (bicyclic) bond motifs is 1. The highest BCUT2D eigenvalue weighted by Crippen LogP contribution is 2.35. The molecule has 6 nitrogen and oxygen atoms in total. The van der Waals surface area contributed by atoms with Crippen molar-refractivity contribution in [1.82, 2.24) is 5.32 Å². The molecule has 7 heteroatoms. The van der Waals surface area contributed by atoms with Crippen LogP contribution in [0.2, 0.25) is 0 Å². The summed E-state index contributed by atoms with van der Waals surface area (Å²) in [6.07, 6.45) is -0.889. The number of hydrogen-bond donors (Lipinski definition) is 1. The van der Waals surface area contributed by atoms with Crippen molar-refractivity contribution in [3.05, 3.63) is 60.2 Å². The van der Waals surface area contributed by atoms with Crippen molar-refractivity contribution in [1.29, 1.82) is 0 Å². The van der Waals surface area contributed by atoms with Crippen LogP contribution in [-0.2, 0) is 21.4 Å². The molecule has 0 aromatic heterocycles. The fourth-order valence-corrected chi connectivity index (χ4v) is 3.78. The molecule has 1 atom stereocenters. The van der Waals surface area contributed by atoms with E-state index in [1.54, 1.807) is 31.2 Å². The minimum Gasteiger partial charge on any atom is -0.476 e. The maximum Gasteiger partial charge on any atom is 0.263 e. The Kier molecular flexibility index (Phi) is 4.94. The molecule has 0 spiro atoms. The zero-order chi connectivity index (χ0) is 17.9. The first kappa shape index (κ1) is 17.3. The van der Waals surface area contributed by atoms with Crippen molar-refractivity contribution in [2.75, 3.05) is 16.6 Å². The molecule has 0 fully saturated rings. The van der Waals surface area contributed by atoms with Gasteiger partial charge in [0, 0.05) is 6.54 Å². The molecule has 1 heterocycles. The molecule has 25 heavy (non-hydrogen) atoms. The van der Waals surface area contributed by atoms with Crippen molar-refractivity contribution in [3.63, 3.8) is 0 Å². The van der Waals surface area contributed by atoms with Gasteiger partial charge in [-0.25, -0.2) is 8.42 Å². The molecule has 0 radical (unpaired) electrons. The first-order chi connectivity index (χ1) is 12.0. The van der Waals surface area contributed by atoms with Gasteiger partial charge in [-0.2, -0.15) is 0 Å². The number of benzene rings is 2. The van der Waals surface area contributed by atoms with Crippen LogP contribution in [0.3, 0.4) is 0 Å². The van der Waals surface area contributed by atoms with Crippen LogP contribution in [-0.4, -0.2) is 32.7 Å². The van der Waals surface area contributed by atoms with Crippen LogP contribution >= 0.6 is 0 Å². The van der Waals surface area contributed by atoms with E-state index in [4.69, 9.17) is 4.74 Å². The van der Waals surface area contributed by atoms with Crippen LogP contribution in [0.5, 0.6) is 5.75 Å². The van der Waals surface area contributed by atoms with E-state index in [1.165, 1.54) is 4.31 Å². The lowest BCUT2D eigenvalue weighted by molar-refractivity contribution is -0.127. The maximum absolute atomic E-state index is 12.5. The van der Waals surface area contributed by atoms with Crippen LogP contribution in [0.1, 0.15) is 12.5 Å². The average Bonchev–Trinajstić information content (AvgIpc) is 2.66. The summed E-state index contributed by atoms with van der Waals surface area (Å²) >= 11 is 0. The van der Waals surface area contributed by atoms with Crippen LogP contribution in [0, 0.1) is 0 Å². The van der Waals surface area contributed by atoms with Crippen LogP contribution in [0.15, 0.2) is 54.6 Å². The van der Waals surface area contributed by atoms with Crippen molar-refractivity contribution < 1.29 is 17.9 Å². The molecule has 0 aliphatic carbocycles. The second-order valence-electron chi connectivity index (χ2n) is 5.71. The van der Waals surface area contributed by atoms with Crippen molar-refractivity contribution in [3.8, 4) is 5.75 Å². The summed E-state index contributed by atoms with van der Waals surface area (Å²) in [5.74, 6) is 0.0139. The Bertz CT molecular complexity index is 852. The summed E-state index contributed by atoms with van der Waals surface area (Å²) < 4.78 is 31.8. The zero-order valence-corrected chi connectivity index (χ0v) is 14.7. The van der Waals surface area contributed by atoms with E-state index in [2.05, 4.69) is 5.32 Å². The van der Waals surface area contributed by atoms with Crippen molar-refractivity contribution in [2.24, 2.45) is 0 Å². The number of anilines is 1. The van der Waals surface area contributed by atoms with Gasteiger partial charge in [0.2, 0.25) is 10.0 Å². The normalized spacial score (nSPS) is 16.7. The number of nitrogens with one attached hydrogen (secondary N) is 1. The monoisotopic (exact) mass is 360 g/mol. The summed E-state index contributed by atoms with van der Waals surface area (Å²) in [6.45, 7) is 1.91. The SMILES string of the molecule is CCS(=O)(=O)N1C[C@H](C(=O)NCc2ccccc2)Oc2ccccc21. The second kappa shape index (κ2) is 7.14. The molecule has 1 amide bonds. The molecule has 132 valence electrons. The molecule has 1 N–H and O–H groups in total. The number of carbonyl (C=O) groups is 1. The molecule has 1 aliphatic rings. The number of nitrogens with zero attached hydrogens (tertiary/aromatic N) is 1. The first-order valence-corrected chi connectivity index (χ1v) is 9.70. The molecule has 0 saturated carbocycles. The number of carbonyl (C=O) groups excluding carboxylic acids is 1. The highest BCUT2D eigenvalue weighted by Gasteiger charge is 2.35. The fourth-order valence-electron chi connectivity index (χ4n) is 2.66. The van der Waals surface area contributed by atoms with Gasteiger partial charge in [0.05, 0.1) is 18.0 Å². The Morgan fingerprint density at radius 2 is 1.84 bits per heavy atom. The zero-order valence-electron chi connectivity index (χ0n) is 13.9. The van der Waals surface area contributed by atoms with Gasteiger partial charge in [0.25, 0.3) is 5.91 Å². The summed E-state index contributed by atoms with van der Waals surface area (Å²) in [6, 6.07) is 16.4. The van der Waals surface area contributed by atoms with Gasteiger partial charge in [-0.1, -0.05) is 42.5 Å². The van der Waals surface area contributed by atoms with E-state index in [0.717, 1.165) is 5.56 Å². The number of rotatable bonds is 5. The third-order valence-corrected chi connectivity index (χ3v) is 5.78. The molecule has 0 unspecified atom stereocenters. The molecule has 1 aliphatic heterocycles. The van der Waals surface area contributed by atoms with E-state index in [-0.39, 0.29) is 18.2 Å². The first-order valence-electron chi connectivity index (χ1n) is 8.09. The third-order valence-electron chi connectivity index (χ3n) is 4.04. The van der Waals surface area contributed by atoms with E-state index in [1.807, 2.05) is 30.3 Å². The Hall–Kier alpha value is -2.54. The summed E-state index contributed by atoms with van der Waals surface area (Å²) in [5.41, 5.74) is 1.43. The van der Waals surface area contributed by atoms with E-state index in [0.29, 0.717) is 18.0 Å². The minimum absolute atomic E-state index is 0.0339. The van der Waals surface area contributed by atoms with Gasteiger partial charge in [0.1, 0.15) is 5.75 Å². The Morgan fingerprint density at radius 1 is 1.16 bits per heavy atom. The van der Waals surface area contributed by atoms with E-state index >= 15 is 0 Å². The molecular formula is C18H20N2O4S. The lowest BCUT2D eigenvalue weighted by Crippen LogP contribution is -2.50. The van der Waals surface area contributed by atoms with Gasteiger partial charge in [-0.15, -0.1) is 0 Å². The summed E-state index contributed by atoms with van der Waals surface area (Å²) in [7, 11) is -3.49. The molecule has 2 aromatic carbocycles. The smallest absolute Gasteiger partial charge is 0.263 e. The number of ether oxygens (including phenoxy) is 1. The van der Waals surface area contributed by atoms with Crippen LogP contribution < -0.4 is 14.4 Å². The van der Waals surface area contributed by atoms with Gasteiger partial charge in [-0.05, 0) is 24.6 Å². The van der Waals surface area contributed by atoms with Crippen molar-refractivity contribution in [2.45, 2.75) is 19.6 Å². The molecule has 3 rings (SSSR count). The van der Waals surface area contributed by atoms with Crippen molar-refractivity contribution >= 4 is 21.6 Å². The highest BCUT2D eigenvalue weighted by atomic mass is 32.2. The number of para-hydroxylation sites is 2. The lowest BCUT2D eigenvalue weighted by Gasteiger charge is -2.34. The van der Waals surface area contributed by atoms with E-state index in [9.17, 15) is 13.2 Å². The number of amides is 1. The lowest BCUT2D eigenvalue weighted by atomic mass is 10.2. The molecule has 0 saturated heterocycles. The Morgan fingerprint density at radius 3 is 2.56 bits per heavy atom. The summed E-state index contributed by atoms with van der Waals surface area (Å²) in [4.78, 5) is 12.5. The van der Waals surface area contributed by atoms with E-state index < -0.39 is 16.1 Å². The molecule has 0 bridgehead atoms. The third kappa shape index (κ3) is 3.76. The molecular weight excluding hydrogens is 340 g/mol. The number of sulfonamides is 1. The quantitative estimate of drug-likeness (QED) is 0.884. The topological polar surface area (TPSA) is 75.7 Å². The Labute approximate surface area is 147 Å². The largest absolute Gasteiger partial charge is 0.476 e. The fraction of sp³-hybridized carbons (Fsp3) is 0.278. The van der Waals surface area contributed by atoms with Crippen LogP contribution in [0.25, 0.3) is 0 Å². The minimum atomic E-state index is -3.49. The van der Waals surface area contributed by atoms with Gasteiger partial charge in [-0.3, -0.25) is 9.10 Å². The van der Waals surface area contributed by atoms with Crippen LogP contribution in [0.4, 0.5) is 5.69 Å². The average molecular weight is 360 g/mol. The molecule has 2 aromatic rings. The second-order valence-corrected chi connectivity index (χ2v) is 7.89. The van der Waals surface area contributed by atoms with Gasteiger partial charge >= 0.3 is 0 Å². The van der Waals surface area contributed by atoms with Gasteiger partial charge < -0.3 is 10.1 Å². The Balaban J connectivity index is 1.78. The highest BCUT2D eigenvalue weighted by molar-refractivity contribution is 7.92. The number of hydrogen-bond acceptors (Lipinski definition) is 4. The summed E-state index contributed by atoms with van der Waals surface area (Å²) in [5, 5.41) is 2.80. The predicted octanol–water partition coefficient (Wildman–Crippen LogP) is 1.92. The van der Waals surface area contributed by atoms with Gasteiger partial charge in [0.15, 0.2) is 6.10 Å². The predicted molar refractivity (Wildman–Crippen MR) is 96.0 cm³/mol. The standard InChI is InChI=1S/C18H20N2O4S/c1-2-25(22,23)20-13-17(24-16-11-7-6-10-15(16)20)18(21)19-12-14-8-4-3-5-9-14/h3-11,17H,2,12-13H2,1H3,(H,19,21)/t17-/m1/s1. The maximum atomic E-state index is 12.5.